The zero-order valence-electron chi connectivity index (χ0n) is 20.0. The van der Waals surface area contributed by atoms with Gasteiger partial charge in [0, 0.05) is 25.0 Å². The number of halogens is 1. The number of hydrogen-bond acceptors (Lipinski definition) is 3. The van der Waals surface area contributed by atoms with E-state index in [0.29, 0.717) is 16.4 Å². The fraction of sp³-hybridized carbons (Fsp3) is 0.464. The fourth-order valence-corrected chi connectivity index (χ4v) is 7.78. The molecule has 3 atom stereocenters. The minimum Gasteiger partial charge on any atom is -0.497 e. The quantitative estimate of drug-likeness (QED) is 0.473. The average molecular weight is 522 g/mol. The summed E-state index contributed by atoms with van der Waals surface area (Å²) >= 11 is 3.66. The van der Waals surface area contributed by atoms with Crippen LogP contribution in [0.1, 0.15) is 48.9 Å². The van der Waals surface area contributed by atoms with Crippen LogP contribution in [0.15, 0.2) is 57.8 Å². The first kappa shape index (κ1) is 22.2. The molecule has 1 aliphatic heterocycles. The van der Waals surface area contributed by atoms with Gasteiger partial charge in [-0.15, -0.1) is 0 Å². The Morgan fingerprint density at radius 3 is 2.74 bits per heavy atom. The number of rotatable bonds is 4. The van der Waals surface area contributed by atoms with E-state index in [4.69, 9.17) is 4.74 Å². The highest BCUT2D eigenvalue weighted by atomic mass is 79.9. The highest BCUT2D eigenvalue weighted by molar-refractivity contribution is 9.10. The van der Waals surface area contributed by atoms with Gasteiger partial charge in [-0.05, 0) is 89.5 Å². The summed E-state index contributed by atoms with van der Waals surface area (Å²) in [4.78, 5) is 15.8. The van der Waals surface area contributed by atoms with E-state index in [9.17, 15) is 4.79 Å². The van der Waals surface area contributed by atoms with Crippen LogP contribution in [-0.4, -0.2) is 34.0 Å². The summed E-state index contributed by atoms with van der Waals surface area (Å²) in [5.41, 5.74) is 5.28. The number of hydrogen-bond donors (Lipinski definition) is 0. The Morgan fingerprint density at radius 1 is 1.12 bits per heavy atom. The van der Waals surface area contributed by atoms with E-state index in [1.807, 2.05) is 42.1 Å². The molecule has 1 saturated carbocycles. The molecule has 0 amide bonds. The van der Waals surface area contributed by atoms with E-state index in [0.717, 1.165) is 36.6 Å². The molecule has 3 unspecified atom stereocenters. The number of methoxy groups -OCH3 is 1. The Hall–Kier alpha value is -2.31. The number of ether oxygens (including phenoxy) is 1. The van der Waals surface area contributed by atoms with Crippen molar-refractivity contribution in [3.8, 4) is 11.4 Å². The lowest BCUT2D eigenvalue weighted by atomic mass is 9.52. The van der Waals surface area contributed by atoms with Crippen molar-refractivity contribution >= 4 is 15.9 Å². The standard InChI is InChI=1S/C28H32BrN3O2/c1-30-25(26(29)27(33)32(30)20-8-4-3-5-9-20)18-31-15-14-28-13-7-6-10-22(28)24(31)16-19-11-12-21(34-2)17-23(19)28/h3-5,8-9,11-12,17,22,24H,6-7,10,13-16,18H2,1-2H3. The molecule has 34 heavy (non-hydrogen) atoms. The summed E-state index contributed by atoms with van der Waals surface area (Å²) in [6.07, 6.45) is 7.48. The van der Waals surface area contributed by atoms with E-state index < -0.39 is 0 Å². The highest BCUT2D eigenvalue weighted by Crippen LogP contribution is 2.56. The molecule has 1 aromatic heterocycles. The van der Waals surface area contributed by atoms with E-state index in [-0.39, 0.29) is 11.0 Å². The molecule has 2 aliphatic carbocycles. The Morgan fingerprint density at radius 2 is 1.94 bits per heavy atom. The van der Waals surface area contributed by atoms with Crippen LogP contribution in [0.4, 0.5) is 0 Å². The maximum atomic E-state index is 13.2. The van der Waals surface area contributed by atoms with Crippen molar-refractivity contribution in [2.45, 2.75) is 56.5 Å². The van der Waals surface area contributed by atoms with Crippen molar-refractivity contribution in [1.29, 1.82) is 0 Å². The minimum absolute atomic E-state index is 0.00816. The zero-order valence-corrected chi connectivity index (χ0v) is 21.6. The predicted octanol–water partition coefficient (Wildman–Crippen LogP) is 5.21. The second-order valence-electron chi connectivity index (χ2n) is 10.3. The maximum Gasteiger partial charge on any atom is 0.286 e. The van der Waals surface area contributed by atoms with E-state index in [1.54, 1.807) is 17.4 Å². The van der Waals surface area contributed by atoms with Gasteiger partial charge in [-0.1, -0.05) is 37.1 Å². The Labute approximate surface area is 209 Å². The van der Waals surface area contributed by atoms with Gasteiger partial charge in [0.05, 0.1) is 18.5 Å². The lowest BCUT2D eigenvalue weighted by Crippen LogP contribution is -2.60. The topological polar surface area (TPSA) is 39.4 Å². The molecule has 2 fully saturated rings. The van der Waals surface area contributed by atoms with Crippen LogP contribution in [-0.2, 0) is 25.4 Å². The van der Waals surface area contributed by atoms with Crippen molar-refractivity contribution in [3.63, 3.8) is 0 Å². The van der Waals surface area contributed by atoms with E-state index in [1.165, 1.54) is 37.7 Å². The Kier molecular flexibility index (Phi) is 5.49. The van der Waals surface area contributed by atoms with Crippen molar-refractivity contribution in [2.75, 3.05) is 13.7 Å². The predicted molar refractivity (Wildman–Crippen MR) is 138 cm³/mol. The number of piperidine rings is 1. The van der Waals surface area contributed by atoms with Crippen LogP contribution < -0.4 is 10.3 Å². The van der Waals surface area contributed by atoms with Crippen LogP contribution in [0.25, 0.3) is 5.69 Å². The molecule has 178 valence electrons. The number of nitrogens with zero attached hydrogens (tertiary/aromatic N) is 3. The Balaban J connectivity index is 1.38. The molecule has 5 nitrogen and oxygen atoms in total. The van der Waals surface area contributed by atoms with Crippen LogP contribution in [0.2, 0.25) is 0 Å². The Bertz CT molecular complexity index is 1280. The minimum atomic E-state index is 0.00816. The van der Waals surface area contributed by atoms with Crippen LogP contribution in [0, 0.1) is 5.92 Å². The van der Waals surface area contributed by atoms with Gasteiger partial charge in [0.25, 0.3) is 5.56 Å². The lowest BCUT2D eigenvalue weighted by molar-refractivity contribution is -0.0169. The number of benzene rings is 2. The van der Waals surface area contributed by atoms with Gasteiger partial charge in [-0.2, -0.15) is 0 Å². The monoisotopic (exact) mass is 521 g/mol. The van der Waals surface area contributed by atoms with Crippen molar-refractivity contribution in [1.82, 2.24) is 14.3 Å². The first-order valence-corrected chi connectivity index (χ1v) is 13.3. The number of likely N-dealkylation sites (tertiary alicyclic amines) is 1. The lowest BCUT2D eigenvalue weighted by Gasteiger charge is -2.59. The summed E-state index contributed by atoms with van der Waals surface area (Å²) in [6.45, 7) is 1.85. The van der Waals surface area contributed by atoms with Crippen molar-refractivity contribution in [2.24, 2.45) is 13.0 Å². The summed E-state index contributed by atoms with van der Waals surface area (Å²) in [5, 5.41) is 0. The van der Waals surface area contributed by atoms with Crippen molar-refractivity contribution < 1.29 is 4.74 Å². The van der Waals surface area contributed by atoms with Gasteiger partial charge in [0.1, 0.15) is 10.2 Å². The summed E-state index contributed by atoms with van der Waals surface area (Å²) in [7, 11) is 3.78. The van der Waals surface area contributed by atoms with Crippen LogP contribution >= 0.6 is 15.9 Å². The van der Waals surface area contributed by atoms with Gasteiger partial charge in [-0.3, -0.25) is 14.4 Å². The molecular weight excluding hydrogens is 490 g/mol. The van der Waals surface area contributed by atoms with Gasteiger partial charge in [-0.25, -0.2) is 4.68 Å². The van der Waals surface area contributed by atoms with Crippen LogP contribution in [0.5, 0.6) is 5.75 Å². The third-order valence-electron chi connectivity index (χ3n) is 8.84. The second-order valence-corrected chi connectivity index (χ2v) is 11.1. The van der Waals surface area contributed by atoms with Crippen molar-refractivity contribution in [3.05, 3.63) is 80.2 Å². The smallest absolute Gasteiger partial charge is 0.286 e. The molecule has 6 rings (SSSR count). The molecule has 0 spiro atoms. The fourth-order valence-electron chi connectivity index (χ4n) is 7.23. The second kappa shape index (κ2) is 8.42. The van der Waals surface area contributed by atoms with E-state index >= 15 is 0 Å². The van der Waals surface area contributed by atoms with Gasteiger partial charge < -0.3 is 4.74 Å². The molecule has 0 radical (unpaired) electrons. The molecule has 2 heterocycles. The molecule has 3 aromatic rings. The molecular formula is C28H32BrN3O2. The largest absolute Gasteiger partial charge is 0.497 e. The van der Waals surface area contributed by atoms with E-state index in [2.05, 4.69) is 39.0 Å². The number of para-hydroxylation sites is 1. The molecule has 2 bridgehead atoms. The molecule has 1 saturated heterocycles. The summed E-state index contributed by atoms with van der Waals surface area (Å²) in [6, 6.07) is 17.2. The SMILES string of the molecule is COc1ccc2c(c1)C13CCCCC1C(C2)N(Cc1c(Br)c(=O)n(-c2ccccc2)n1C)CC3. The third-order valence-corrected chi connectivity index (χ3v) is 9.63. The first-order chi connectivity index (χ1) is 16.5. The zero-order chi connectivity index (χ0) is 23.4. The molecule has 0 N–H and O–H groups in total. The first-order valence-electron chi connectivity index (χ1n) is 12.5. The summed E-state index contributed by atoms with van der Waals surface area (Å²) < 4.78 is 10.1. The average Bonchev–Trinajstić information content (AvgIpc) is 3.08. The molecule has 2 aromatic carbocycles. The highest BCUT2D eigenvalue weighted by Gasteiger charge is 2.53. The molecule has 6 heteroatoms. The van der Waals surface area contributed by atoms with Crippen LogP contribution in [0.3, 0.4) is 0 Å². The molecule has 3 aliphatic rings. The van der Waals surface area contributed by atoms with Gasteiger partial charge in [0.2, 0.25) is 0 Å². The third kappa shape index (κ3) is 3.25. The summed E-state index contributed by atoms with van der Waals surface area (Å²) in [5.74, 6) is 1.65. The van der Waals surface area contributed by atoms with Gasteiger partial charge in [0.15, 0.2) is 0 Å². The maximum absolute atomic E-state index is 13.2. The number of fused-ring (bicyclic) bond motifs is 1. The normalized spacial score (nSPS) is 26.1. The number of aromatic nitrogens is 2. The van der Waals surface area contributed by atoms with Gasteiger partial charge >= 0.3 is 0 Å².